The number of halogens is 1. The lowest BCUT2D eigenvalue weighted by molar-refractivity contribution is 0.247. The van der Waals surface area contributed by atoms with E-state index < -0.39 is 0 Å². The molecule has 0 saturated carbocycles. The Balaban J connectivity index is 2.17. The van der Waals surface area contributed by atoms with E-state index in [4.69, 9.17) is 0 Å². The Labute approximate surface area is 83.9 Å². The number of aromatic nitrogens is 1. The highest BCUT2D eigenvalue weighted by molar-refractivity contribution is 9.10. The standard InChI is InChI=1S/C8H8BrN3O/c9-5-1-2-6(10-3-5)7-4-11-8(13)12-7/h1-3,7H,4H2,(H2,11,12,13). The van der Waals surface area contributed by atoms with Crippen LogP contribution in [0.1, 0.15) is 11.7 Å². The van der Waals surface area contributed by atoms with Gasteiger partial charge in [-0.25, -0.2) is 4.79 Å². The number of carbonyl (C=O) groups is 1. The van der Waals surface area contributed by atoms with Gasteiger partial charge in [0.25, 0.3) is 0 Å². The monoisotopic (exact) mass is 241 g/mol. The fraction of sp³-hybridized carbons (Fsp3) is 0.250. The highest BCUT2D eigenvalue weighted by atomic mass is 79.9. The molecule has 2 amide bonds. The zero-order valence-corrected chi connectivity index (χ0v) is 8.34. The van der Waals surface area contributed by atoms with Gasteiger partial charge in [-0.1, -0.05) is 0 Å². The van der Waals surface area contributed by atoms with Gasteiger partial charge < -0.3 is 10.6 Å². The molecular weight excluding hydrogens is 234 g/mol. The van der Waals surface area contributed by atoms with Crippen molar-refractivity contribution in [1.82, 2.24) is 15.6 Å². The molecule has 0 radical (unpaired) electrons. The number of rotatable bonds is 1. The quantitative estimate of drug-likeness (QED) is 0.777. The molecule has 4 nitrogen and oxygen atoms in total. The number of hydrogen-bond donors (Lipinski definition) is 2. The third kappa shape index (κ3) is 1.80. The van der Waals surface area contributed by atoms with Crippen molar-refractivity contribution in [2.45, 2.75) is 6.04 Å². The largest absolute Gasteiger partial charge is 0.336 e. The second kappa shape index (κ2) is 3.33. The van der Waals surface area contributed by atoms with Gasteiger partial charge >= 0.3 is 6.03 Å². The van der Waals surface area contributed by atoms with Crippen LogP contribution in [0.5, 0.6) is 0 Å². The zero-order chi connectivity index (χ0) is 9.26. The van der Waals surface area contributed by atoms with E-state index >= 15 is 0 Å². The van der Waals surface area contributed by atoms with E-state index in [9.17, 15) is 4.79 Å². The Morgan fingerprint density at radius 2 is 2.38 bits per heavy atom. The molecule has 2 heterocycles. The molecule has 0 aliphatic carbocycles. The number of amides is 2. The first-order valence-corrected chi connectivity index (χ1v) is 4.71. The van der Waals surface area contributed by atoms with Gasteiger partial charge in [0.15, 0.2) is 0 Å². The minimum atomic E-state index is -0.130. The maximum absolute atomic E-state index is 10.8. The van der Waals surface area contributed by atoms with E-state index in [1.807, 2.05) is 12.1 Å². The SMILES string of the molecule is O=C1NCC(c2ccc(Br)cn2)N1. The summed E-state index contributed by atoms with van der Waals surface area (Å²) in [5.41, 5.74) is 0.876. The molecule has 1 fully saturated rings. The van der Waals surface area contributed by atoms with Crippen molar-refractivity contribution in [3.05, 3.63) is 28.5 Å². The van der Waals surface area contributed by atoms with Gasteiger partial charge in [-0.15, -0.1) is 0 Å². The number of carbonyl (C=O) groups excluding carboxylic acids is 1. The van der Waals surface area contributed by atoms with Crippen LogP contribution >= 0.6 is 15.9 Å². The maximum Gasteiger partial charge on any atom is 0.315 e. The molecule has 5 heteroatoms. The van der Waals surface area contributed by atoms with Crippen LogP contribution in [0.3, 0.4) is 0 Å². The molecule has 1 atom stereocenters. The van der Waals surface area contributed by atoms with Gasteiger partial charge in [0.1, 0.15) is 0 Å². The summed E-state index contributed by atoms with van der Waals surface area (Å²) in [7, 11) is 0. The molecule has 2 rings (SSSR count). The lowest BCUT2D eigenvalue weighted by atomic mass is 10.2. The van der Waals surface area contributed by atoms with Crippen molar-refractivity contribution in [2.24, 2.45) is 0 Å². The molecule has 1 aliphatic heterocycles. The minimum absolute atomic E-state index is 0.000556. The summed E-state index contributed by atoms with van der Waals surface area (Å²) in [6.07, 6.45) is 1.72. The van der Waals surface area contributed by atoms with Gasteiger partial charge in [0, 0.05) is 17.2 Å². The van der Waals surface area contributed by atoms with Crippen molar-refractivity contribution >= 4 is 22.0 Å². The molecule has 1 aromatic rings. The summed E-state index contributed by atoms with van der Waals surface area (Å²) in [6.45, 7) is 0.605. The van der Waals surface area contributed by atoms with Crippen molar-refractivity contribution in [3.63, 3.8) is 0 Å². The Bertz CT molecular complexity index is 325. The molecule has 68 valence electrons. The Morgan fingerprint density at radius 3 is 2.92 bits per heavy atom. The van der Waals surface area contributed by atoms with E-state index in [2.05, 4.69) is 31.5 Å². The molecule has 0 aromatic carbocycles. The van der Waals surface area contributed by atoms with Gasteiger partial charge in [-0.2, -0.15) is 0 Å². The van der Waals surface area contributed by atoms with Crippen LogP contribution in [0.15, 0.2) is 22.8 Å². The molecule has 2 N–H and O–H groups in total. The number of nitrogens with one attached hydrogen (secondary N) is 2. The summed E-state index contributed by atoms with van der Waals surface area (Å²) >= 11 is 3.30. The molecule has 0 spiro atoms. The second-order valence-electron chi connectivity index (χ2n) is 2.81. The highest BCUT2D eigenvalue weighted by Crippen LogP contribution is 2.15. The Kier molecular flexibility index (Phi) is 2.18. The van der Waals surface area contributed by atoms with Crippen LogP contribution in [-0.4, -0.2) is 17.6 Å². The third-order valence-electron chi connectivity index (χ3n) is 1.88. The molecule has 1 saturated heterocycles. The Hall–Kier alpha value is -1.10. The summed E-state index contributed by atoms with van der Waals surface area (Å²) < 4.78 is 0.938. The third-order valence-corrected chi connectivity index (χ3v) is 2.35. The van der Waals surface area contributed by atoms with E-state index in [1.165, 1.54) is 0 Å². The lowest BCUT2D eigenvalue weighted by Gasteiger charge is -2.06. The fourth-order valence-electron chi connectivity index (χ4n) is 1.23. The first-order valence-electron chi connectivity index (χ1n) is 3.91. The van der Waals surface area contributed by atoms with Crippen LogP contribution in [0.2, 0.25) is 0 Å². The van der Waals surface area contributed by atoms with E-state index in [0.29, 0.717) is 6.54 Å². The van der Waals surface area contributed by atoms with Crippen LogP contribution in [-0.2, 0) is 0 Å². The predicted octanol–water partition coefficient (Wildman–Crippen LogP) is 1.20. The first kappa shape index (κ1) is 8.50. The molecule has 1 aliphatic rings. The molecule has 13 heavy (non-hydrogen) atoms. The van der Waals surface area contributed by atoms with E-state index in [0.717, 1.165) is 10.2 Å². The number of pyridine rings is 1. The Morgan fingerprint density at radius 1 is 1.54 bits per heavy atom. The van der Waals surface area contributed by atoms with E-state index in [1.54, 1.807) is 6.20 Å². The molecule has 1 aromatic heterocycles. The number of nitrogens with zero attached hydrogens (tertiary/aromatic N) is 1. The maximum atomic E-state index is 10.8. The lowest BCUT2D eigenvalue weighted by Crippen LogP contribution is -2.22. The van der Waals surface area contributed by atoms with Gasteiger partial charge in [-0.05, 0) is 28.1 Å². The fourth-order valence-corrected chi connectivity index (χ4v) is 1.46. The van der Waals surface area contributed by atoms with Gasteiger partial charge in [0.2, 0.25) is 0 Å². The van der Waals surface area contributed by atoms with Crippen molar-refractivity contribution in [1.29, 1.82) is 0 Å². The van der Waals surface area contributed by atoms with Crippen molar-refractivity contribution < 1.29 is 4.79 Å². The molecule has 1 unspecified atom stereocenters. The van der Waals surface area contributed by atoms with Crippen molar-refractivity contribution in [3.8, 4) is 0 Å². The smallest absolute Gasteiger partial charge is 0.315 e. The summed E-state index contributed by atoms with van der Waals surface area (Å²) in [5, 5.41) is 5.44. The molecule has 0 bridgehead atoms. The van der Waals surface area contributed by atoms with Crippen molar-refractivity contribution in [2.75, 3.05) is 6.54 Å². The summed E-state index contributed by atoms with van der Waals surface area (Å²) in [4.78, 5) is 15.0. The topological polar surface area (TPSA) is 54.0 Å². The summed E-state index contributed by atoms with van der Waals surface area (Å²) in [5.74, 6) is 0. The highest BCUT2D eigenvalue weighted by Gasteiger charge is 2.22. The van der Waals surface area contributed by atoms with Gasteiger partial charge in [-0.3, -0.25) is 4.98 Å². The average Bonchev–Trinajstić information content (AvgIpc) is 2.53. The first-order chi connectivity index (χ1) is 6.25. The predicted molar refractivity (Wildman–Crippen MR) is 51.2 cm³/mol. The normalized spacial score (nSPS) is 21.0. The number of hydrogen-bond acceptors (Lipinski definition) is 2. The zero-order valence-electron chi connectivity index (χ0n) is 6.75. The van der Waals surface area contributed by atoms with Crippen LogP contribution in [0.25, 0.3) is 0 Å². The molecular formula is C8H8BrN3O. The average molecular weight is 242 g/mol. The van der Waals surface area contributed by atoms with Crippen LogP contribution in [0, 0.1) is 0 Å². The van der Waals surface area contributed by atoms with Gasteiger partial charge in [0.05, 0.1) is 11.7 Å². The number of urea groups is 1. The minimum Gasteiger partial charge on any atom is -0.336 e. The second-order valence-corrected chi connectivity index (χ2v) is 3.72. The van der Waals surface area contributed by atoms with Crippen LogP contribution < -0.4 is 10.6 Å². The summed E-state index contributed by atoms with van der Waals surface area (Å²) in [6, 6.07) is 3.67. The van der Waals surface area contributed by atoms with Crippen LogP contribution in [0.4, 0.5) is 4.79 Å². The van der Waals surface area contributed by atoms with E-state index in [-0.39, 0.29) is 12.1 Å².